The van der Waals surface area contributed by atoms with E-state index in [-0.39, 0.29) is 17.5 Å². The number of nitrogens with one attached hydrogen (secondary N) is 2. The molecule has 2 heterocycles. The molecule has 0 atom stereocenters. The third kappa shape index (κ3) is 5.68. The fourth-order valence-corrected chi connectivity index (χ4v) is 3.98. The van der Waals surface area contributed by atoms with Gasteiger partial charge in [0.2, 0.25) is 11.9 Å². The van der Waals surface area contributed by atoms with Gasteiger partial charge in [0.1, 0.15) is 16.5 Å². The predicted molar refractivity (Wildman–Crippen MR) is 114 cm³/mol. The number of aryl methyl sites for hydroxylation is 1. The summed E-state index contributed by atoms with van der Waals surface area (Å²) in [6.07, 6.45) is 0. The van der Waals surface area contributed by atoms with Crippen LogP contribution in [0.15, 0.2) is 38.4 Å². The third-order valence-electron chi connectivity index (χ3n) is 3.53. The molecule has 152 valence electrons. The zero-order chi connectivity index (χ0) is 20.8. The summed E-state index contributed by atoms with van der Waals surface area (Å²) in [5.74, 6) is 1.77. The molecule has 3 rings (SSSR count). The van der Waals surface area contributed by atoms with Gasteiger partial charge in [0, 0.05) is 17.9 Å². The Bertz CT molecular complexity index is 1080. The predicted octanol–water partition coefficient (Wildman–Crippen LogP) is 2.30. The minimum absolute atomic E-state index is 0.0427. The highest BCUT2D eigenvalue weighted by Crippen LogP contribution is 2.29. The van der Waals surface area contributed by atoms with Crippen molar-refractivity contribution in [1.82, 2.24) is 20.2 Å². The number of H-pyrrole nitrogens is 1. The molecule has 1 aromatic carbocycles. The van der Waals surface area contributed by atoms with E-state index in [0.29, 0.717) is 28.6 Å². The Morgan fingerprint density at radius 1 is 1.31 bits per heavy atom. The summed E-state index contributed by atoms with van der Waals surface area (Å²) in [5.41, 5.74) is 6.79. The van der Waals surface area contributed by atoms with Crippen LogP contribution < -0.4 is 26.1 Å². The van der Waals surface area contributed by atoms with E-state index >= 15 is 0 Å². The molecule has 0 saturated heterocycles. The van der Waals surface area contributed by atoms with Crippen molar-refractivity contribution in [2.45, 2.75) is 17.0 Å². The van der Waals surface area contributed by atoms with Crippen molar-refractivity contribution in [1.29, 1.82) is 0 Å². The minimum atomic E-state index is -0.322. The lowest BCUT2D eigenvalue weighted by Gasteiger charge is -2.11. The number of hydrogen-bond acceptors (Lipinski definition) is 9. The van der Waals surface area contributed by atoms with E-state index in [1.165, 1.54) is 36.3 Å². The number of benzene rings is 1. The quantitative estimate of drug-likeness (QED) is 0.291. The maximum absolute atomic E-state index is 11.9. The van der Waals surface area contributed by atoms with Crippen LogP contribution in [0, 0.1) is 6.92 Å². The average Bonchev–Trinajstić information content (AvgIpc) is 3.11. The fraction of sp³-hybridized carbons (Fsp3) is 0.235. The Morgan fingerprint density at radius 2 is 2.14 bits per heavy atom. The van der Waals surface area contributed by atoms with Gasteiger partial charge in [0.15, 0.2) is 4.34 Å². The molecule has 4 N–H and O–H groups in total. The number of anilines is 1. The monoisotopic (exact) mass is 433 g/mol. The maximum Gasteiger partial charge on any atom is 0.252 e. The number of nitrogens with zero attached hydrogens (tertiary/aromatic N) is 4. The first-order chi connectivity index (χ1) is 14.0. The van der Waals surface area contributed by atoms with Crippen LogP contribution >= 0.6 is 23.1 Å². The summed E-state index contributed by atoms with van der Waals surface area (Å²) >= 11 is 2.93. The molecule has 0 saturated carbocycles. The number of nitrogens with two attached hydrogens (primary N) is 1. The second kappa shape index (κ2) is 9.39. The van der Waals surface area contributed by atoms with Gasteiger partial charge in [-0.25, -0.2) is 4.98 Å². The van der Waals surface area contributed by atoms with Crippen molar-refractivity contribution >= 4 is 40.7 Å². The lowest BCUT2D eigenvalue weighted by atomic mass is 10.2. The Hall–Kier alpha value is -3.12. The van der Waals surface area contributed by atoms with Gasteiger partial charge in [-0.1, -0.05) is 23.1 Å². The highest BCUT2D eigenvalue weighted by Gasteiger charge is 2.08. The zero-order valence-corrected chi connectivity index (χ0v) is 17.6. The first-order valence-electron chi connectivity index (χ1n) is 8.33. The molecule has 0 aliphatic carbocycles. The van der Waals surface area contributed by atoms with E-state index in [1.807, 2.05) is 6.92 Å². The Labute approximate surface area is 174 Å². The van der Waals surface area contributed by atoms with E-state index in [1.54, 1.807) is 25.3 Å². The molecule has 0 spiro atoms. The first kappa shape index (κ1) is 20.6. The first-order valence-corrected chi connectivity index (χ1v) is 10.1. The topological polar surface area (TPSA) is 140 Å². The molecule has 0 aliphatic rings. The van der Waals surface area contributed by atoms with Crippen molar-refractivity contribution in [2.24, 2.45) is 10.7 Å². The maximum atomic E-state index is 11.9. The number of guanidine groups is 1. The Balaban J connectivity index is 1.75. The van der Waals surface area contributed by atoms with E-state index in [2.05, 4.69) is 30.5 Å². The van der Waals surface area contributed by atoms with Gasteiger partial charge in [-0.05, 0) is 19.1 Å². The summed E-state index contributed by atoms with van der Waals surface area (Å²) in [7, 11) is 3.10. The number of ether oxygens (including phenoxy) is 2. The van der Waals surface area contributed by atoms with Gasteiger partial charge < -0.3 is 20.5 Å². The Kier molecular flexibility index (Phi) is 6.67. The van der Waals surface area contributed by atoms with Crippen LogP contribution in [0.5, 0.6) is 11.5 Å². The Morgan fingerprint density at radius 3 is 2.83 bits per heavy atom. The number of thioether (sulfide) groups is 1. The molecular formula is C17H19N7O3S2. The van der Waals surface area contributed by atoms with Gasteiger partial charge in [0.25, 0.3) is 5.56 Å². The molecule has 10 nitrogen and oxygen atoms in total. The van der Waals surface area contributed by atoms with Crippen molar-refractivity contribution in [3.63, 3.8) is 0 Å². The number of rotatable bonds is 7. The zero-order valence-electron chi connectivity index (χ0n) is 15.9. The van der Waals surface area contributed by atoms with Crippen molar-refractivity contribution in [2.75, 3.05) is 19.5 Å². The van der Waals surface area contributed by atoms with Crippen LogP contribution in [0.25, 0.3) is 0 Å². The lowest BCUT2D eigenvalue weighted by molar-refractivity contribution is 0.395. The lowest BCUT2D eigenvalue weighted by Crippen LogP contribution is -2.23. The summed E-state index contributed by atoms with van der Waals surface area (Å²) in [6, 6.07) is 6.62. The second-order valence-electron chi connectivity index (χ2n) is 5.62. The number of hydrogen-bond donors (Lipinski definition) is 3. The average molecular weight is 434 g/mol. The molecule has 2 aromatic heterocycles. The third-order valence-corrected chi connectivity index (χ3v) is 5.54. The summed E-state index contributed by atoms with van der Waals surface area (Å²) in [4.78, 5) is 23.0. The van der Waals surface area contributed by atoms with Gasteiger partial charge in [-0.3, -0.25) is 9.78 Å². The van der Waals surface area contributed by atoms with E-state index in [9.17, 15) is 4.79 Å². The SMILES string of the molecule is COc1ccc(NC(N)=Nc2nc(CSc3nnc(C)s3)cc(=O)[nH]2)c(OC)c1. The second-order valence-corrected chi connectivity index (χ2v) is 8.03. The molecule has 0 bridgehead atoms. The fourth-order valence-electron chi connectivity index (χ4n) is 2.27. The molecule has 0 unspecified atom stereocenters. The standard InChI is InChI=1S/C17H19N7O3S2/c1-9-23-24-17(29-9)28-8-10-6-14(25)21-16(19-10)22-15(18)20-12-5-4-11(26-2)7-13(12)27-3/h4-7H,8H2,1-3H3,(H4,18,19,20,21,22,25). The highest BCUT2D eigenvalue weighted by molar-refractivity contribution is 8.00. The van der Waals surface area contributed by atoms with Crippen LogP contribution in [0.3, 0.4) is 0 Å². The normalized spacial score (nSPS) is 11.3. The van der Waals surface area contributed by atoms with Gasteiger partial charge in [-0.15, -0.1) is 10.2 Å². The summed E-state index contributed by atoms with van der Waals surface area (Å²) < 4.78 is 11.3. The number of aromatic amines is 1. The number of methoxy groups -OCH3 is 2. The molecule has 0 fully saturated rings. The molecule has 0 aliphatic heterocycles. The summed E-state index contributed by atoms with van der Waals surface area (Å²) in [5, 5.41) is 11.8. The molecule has 29 heavy (non-hydrogen) atoms. The minimum Gasteiger partial charge on any atom is -0.497 e. The molecule has 0 amide bonds. The van der Waals surface area contributed by atoms with Gasteiger partial charge in [-0.2, -0.15) is 4.99 Å². The number of aliphatic imine (C=N–C) groups is 1. The van der Waals surface area contributed by atoms with E-state index < -0.39 is 0 Å². The smallest absolute Gasteiger partial charge is 0.252 e. The molecular weight excluding hydrogens is 414 g/mol. The van der Waals surface area contributed by atoms with Crippen molar-refractivity contribution in [3.05, 3.63) is 45.3 Å². The van der Waals surface area contributed by atoms with Crippen LogP contribution in [0.2, 0.25) is 0 Å². The van der Waals surface area contributed by atoms with Crippen LogP contribution in [0.1, 0.15) is 10.7 Å². The molecule has 12 heteroatoms. The largest absolute Gasteiger partial charge is 0.497 e. The van der Waals surface area contributed by atoms with E-state index in [4.69, 9.17) is 15.2 Å². The van der Waals surface area contributed by atoms with E-state index in [0.717, 1.165) is 9.35 Å². The number of aromatic nitrogens is 4. The van der Waals surface area contributed by atoms with Crippen molar-refractivity contribution < 1.29 is 9.47 Å². The van der Waals surface area contributed by atoms with Gasteiger partial charge in [0.05, 0.1) is 25.6 Å². The highest BCUT2D eigenvalue weighted by atomic mass is 32.2. The molecule has 3 aromatic rings. The van der Waals surface area contributed by atoms with Crippen LogP contribution in [-0.4, -0.2) is 40.3 Å². The van der Waals surface area contributed by atoms with Gasteiger partial charge >= 0.3 is 0 Å². The van der Waals surface area contributed by atoms with Crippen molar-refractivity contribution in [3.8, 4) is 11.5 Å². The van der Waals surface area contributed by atoms with Crippen LogP contribution in [-0.2, 0) is 5.75 Å². The summed E-state index contributed by atoms with van der Waals surface area (Å²) in [6.45, 7) is 1.88. The molecule has 0 radical (unpaired) electrons. The van der Waals surface area contributed by atoms with Crippen LogP contribution in [0.4, 0.5) is 11.6 Å².